The average Bonchev–Trinajstić information content (AvgIpc) is 3.05. The molecule has 2 aliphatic carbocycles. The summed E-state index contributed by atoms with van der Waals surface area (Å²) in [5, 5.41) is 12.2. The Morgan fingerprint density at radius 2 is 1.86 bits per heavy atom. The number of fused-ring (bicyclic) bond motifs is 1. The molecule has 5 nitrogen and oxygen atoms in total. The van der Waals surface area contributed by atoms with Crippen LogP contribution in [0.5, 0.6) is 0 Å². The summed E-state index contributed by atoms with van der Waals surface area (Å²) in [4.78, 5) is 4.51. The molecule has 1 fully saturated rings. The largest absolute Gasteiger partial charge is 0.366 e. The highest BCUT2D eigenvalue weighted by atomic mass is 35.5. The van der Waals surface area contributed by atoms with Gasteiger partial charge in [0.15, 0.2) is 5.65 Å². The van der Waals surface area contributed by atoms with E-state index >= 15 is 0 Å². The lowest BCUT2D eigenvalue weighted by Crippen LogP contribution is -2.46. The van der Waals surface area contributed by atoms with E-state index in [0.717, 1.165) is 36.4 Å². The van der Waals surface area contributed by atoms with E-state index < -0.39 is 0 Å². The number of alkyl halides is 1. The molecule has 0 aromatic carbocycles. The number of halogens is 1. The Kier molecular flexibility index (Phi) is 5.48. The second-order valence-electron chi connectivity index (χ2n) is 9.02. The molecule has 2 aromatic heterocycles. The first kappa shape index (κ1) is 19.5. The molecular weight excluding hydrogens is 370 g/mol. The van der Waals surface area contributed by atoms with Crippen molar-refractivity contribution in [1.82, 2.24) is 19.9 Å². The van der Waals surface area contributed by atoms with Crippen molar-refractivity contribution in [3.05, 3.63) is 42.3 Å². The van der Waals surface area contributed by atoms with Crippen LogP contribution in [0.15, 0.2) is 36.6 Å². The molecule has 2 N–H and O–H groups in total. The topological polar surface area (TPSA) is 54.2 Å². The number of nitrogens with one attached hydrogen (secondary N) is 2. The first-order valence-electron chi connectivity index (χ1n) is 10.3. The van der Waals surface area contributed by atoms with Crippen LogP contribution in [-0.2, 0) is 0 Å². The second kappa shape index (κ2) is 7.88. The van der Waals surface area contributed by atoms with Gasteiger partial charge in [0.25, 0.3) is 0 Å². The lowest BCUT2D eigenvalue weighted by Gasteiger charge is -2.34. The zero-order valence-corrected chi connectivity index (χ0v) is 17.7. The maximum absolute atomic E-state index is 6.30. The lowest BCUT2D eigenvalue weighted by molar-refractivity contribution is 0.286. The summed E-state index contributed by atoms with van der Waals surface area (Å²) >= 11 is 6.30. The van der Waals surface area contributed by atoms with E-state index in [4.69, 9.17) is 16.7 Å². The van der Waals surface area contributed by atoms with Gasteiger partial charge in [0.2, 0.25) is 0 Å². The number of imidazole rings is 1. The summed E-state index contributed by atoms with van der Waals surface area (Å²) < 4.78 is 1.93. The maximum Gasteiger partial charge on any atom is 0.154 e. The molecule has 0 radical (unpaired) electrons. The number of hydrogen-bond donors (Lipinski definition) is 2. The van der Waals surface area contributed by atoms with Crippen molar-refractivity contribution < 1.29 is 0 Å². The predicted octanol–water partition coefficient (Wildman–Crippen LogP) is 4.79. The van der Waals surface area contributed by atoms with E-state index in [1.165, 1.54) is 18.4 Å². The van der Waals surface area contributed by atoms with Gasteiger partial charge in [-0.2, -0.15) is 0 Å². The first-order valence-corrected chi connectivity index (χ1v) is 10.7. The molecule has 2 aromatic rings. The number of allylic oxidation sites excluding steroid dienone is 4. The van der Waals surface area contributed by atoms with E-state index in [1.807, 2.05) is 35.0 Å². The van der Waals surface area contributed by atoms with E-state index in [0.29, 0.717) is 12.1 Å². The van der Waals surface area contributed by atoms with Crippen molar-refractivity contribution in [2.45, 2.75) is 75.9 Å². The van der Waals surface area contributed by atoms with Crippen molar-refractivity contribution in [3.63, 3.8) is 0 Å². The lowest BCUT2D eigenvalue weighted by atomic mass is 9.89. The fourth-order valence-corrected chi connectivity index (χ4v) is 4.45. The first-order chi connectivity index (χ1) is 13.4. The minimum absolute atomic E-state index is 0.0313. The minimum atomic E-state index is 0.0313. The van der Waals surface area contributed by atoms with Gasteiger partial charge in [-0.3, -0.25) is 0 Å². The van der Waals surface area contributed by atoms with Gasteiger partial charge in [-0.25, -0.2) is 9.50 Å². The number of nitrogens with zero attached hydrogens (tertiary/aromatic N) is 3. The maximum atomic E-state index is 6.30. The molecule has 0 aliphatic heterocycles. The van der Waals surface area contributed by atoms with Crippen LogP contribution in [0.4, 0.5) is 5.82 Å². The number of anilines is 1. The SMILES string of the molecule is CC(C)(C)N[C@H]1CC[C@H](Nc2ccc3ncc(C4=CC=CC(Cl)C4)n3n2)CC1. The number of aromatic nitrogens is 3. The van der Waals surface area contributed by atoms with E-state index in [2.05, 4.69) is 42.5 Å². The van der Waals surface area contributed by atoms with Crippen LogP contribution in [0.3, 0.4) is 0 Å². The highest BCUT2D eigenvalue weighted by Gasteiger charge is 2.24. The van der Waals surface area contributed by atoms with Crippen LogP contribution < -0.4 is 10.6 Å². The van der Waals surface area contributed by atoms with Crippen molar-refractivity contribution >= 4 is 28.6 Å². The summed E-state index contributed by atoms with van der Waals surface area (Å²) in [5.41, 5.74) is 3.24. The van der Waals surface area contributed by atoms with Crippen molar-refractivity contribution in [2.75, 3.05) is 5.32 Å². The highest BCUT2D eigenvalue weighted by Crippen LogP contribution is 2.27. The van der Waals surface area contributed by atoms with Gasteiger partial charge in [0.1, 0.15) is 5.82 Å². The van der Waals surface area contributed by atoms with Crippen LogP contribution in [-0.4, -0.2) is 37.6 Å². The molecule has 0 amide bonds. The van der Waals surface area contributed by atoms with Crippen LogP contribution in [0.1, 0.15) is 58.6 Å². The van der Waals surface area contributed by atoms with Gasteiger partial charge in [-0.05, 0) is 70.6 Å². The molecule has 4 rings (SSSR count). The Balaban J connectivity index is 1.45. The van der Waals surface area contributed by atoms with E-state index in [9.17, 15) is 0 Å². The van der Waals surface area contributed by atoms with Crippen LogP contribution in [0.25, 0.3) is 11.2 Å². The van der Waals surface area contributed by atoms with Crippen molar-refractivity contribution in [1.29, 1.82) is 0 Å². The van der Waals surface area contributed by atoms with E-state index in [1.54, 1.807) is 0 Å². The predicted molar refractivity (Wildman–Crippen MR) is 117 cm³/mol. The monoisotopic (exact) mass is 399 g/mol. The molecule has 2 aliphatic rings. The molecule has 1 atom stereocenters. The van der Waals surface area contributed by atoms with Gasteiger partial charge >= 0.3 is 0 Å². The zero-order chi connectivity index (χ0) is 19.7. The van der Waals surface area contributed by atoms with Crippen molar-refractivity contribution in [3.8, 4) is 0 Å². The molecule has 0 bridgehead atoms. The normalized spacial score (nSPS) is 25.7. The summed E-state index contributed by atoms with van der Waals surface area (Å²) in [5.74, 6) is 0.911. The summed E-state index contributed by atoms with van der Waals surface area (Å²) in [6.07, 6.45) is 13.5. The Hall–Kier alpha value is -1.85. The Morgan fingerprint density at radius 1 is 1.11 bits per heavy atom. The summed E-state index contributed by atoms with van der Waals surface area (Å²) in [7, 11) is 0. The van der Waals surface area contributed by atoms with Gasteiger partial charge in [0.05, 0.1) is 17.3 Å². The van der Waals surface area contributed by atoms with Gasteiger partial charge in [0, 0.05) is 17.6 Å². The highest BCUT2D eigenvalue weighted by molar-refractivity contribution is 6.22. The molecule has 28 heavy (non-hydrogen) atoms. The molecule has 0 spiro atoms. The number of hydrogen-bond acceptors (Lipinski definition) is 4. The molecule has 0 saturated heterocycles. The van der Waals surface area contributed by atoms with Crippen LogP contribution in [0, 0.1) is 0 Å². The molecule has 150 valence electrons. The molecule has 6 heteroatoms. The number of rotatable bonds is 4. The fraction of sp³-hybridized carbons (Fsp3) is 0.545. The summed E-state index contributed by atoms with van der Waals surface area (Å²) in [6.45, 7) is 6.72. The Morgan fingerprint density at radius 3 is 2.57 bits per heavy atom. The van der Waals surface area contributed by atoms with Crippen LogP contribution in [0.2, 0.25) is 0 Å². The van der Waals surface area contributed by atoms with Crippen molar-refractivity contribution in [2.24, 2.45) is 0 Å². The fourth-order valence-electron chi connectivity index (χ4n) is 4.20. The standard InChI is InChI=1S/C22H30ClN5/c1-22(2,3)26-18-9-7-17(8-10-18)25-20-11-12-21-24-14-19(28(21)27-20)15-5-4-6-16(23)13-15/h4-6,11-12,14,16-18,26H,7-10,13H2,1-3H3,(H,25,27)/t16?,17-,18-. The van der Waals surface area contributed by atoms with Gasteiger partial charge in [-0.1, -0.05) is 18.2 Å². The third-order valence-corrected chi connectivity index (χ3v) is 5.74. The quantitative estimate of drug-likeness (QED) is 0.725. The van der Waals surface area contributed by atoms with Gasteiger partial charge < -0.3 is 10.6 Å². The third kappa shape index (κ3) is 4.58. The van der Waals surface area contributed by atoms with Crippen LogP contribution >= 0.6 is 11.6 Å². The smallest absolute Gasteiger partial charge is 0.154 e. The molecule has 2 heterocycles. The average molecular weight is 400 g/mol. The zero-order valence-electron chi connectivity index (χ0n) is 17.0. The second-order valence-corrected chi connectivity index (χ2v) is 9.58. The Bertz CT molecular complexity index is 884. The summed E-state index contributed by atoms with van der Waals surface area (Å²) in [6, 6.07) is 5.15. The minimum Gasteiger partial charge on any atom is -0.366 e. The van der Waals surface area contributed by atoms with Gasteiger partial charge in [-0.15, -0.1) is 16.7 Å². The molecular formula is C22H30ClN5. The molecule has 1 unspecified atom stereocenters. The Labute approximate surface area is 172 Å². The molecule has 1 saturated carbocycles. The third-order valence-electron chi connectivity index (χ3n) is 5.44. The van der Waals surface area contributed by atoms with E-state index in [-0.39, 0.29) is 10.9 Å².